The Balaban J connectivity index is 1.69. The molecule has 1 fully saturated rings. The molecule has 148 valence electrons. The van der Waals surface area contributed by atoms with Gasteiger partial charge < -0.3 is 0 Å². The van der Waals surface area contributed by atoms with Crippen molar-refractivity contribution in [3.63, 3.8) is 0 Å². The van der Waals surface area contributed by atoms with Crippen molar-refractivity contribution in [2.45, 2.75) is 51.0 Å². The average molecular weight is 415 g/mol. The van der Waals surface area contributed by atoms with Crippen molar-refractivity contribution in [2.75, 3.05) is 13.1 Å². The third-order valence-electron chi connectivity index (χ3n) is 5.74. The van der Waals surface area contributed by atoms with Gasteiger partial charge in [-0.05, 0) is 74.4 Å². The fourth-order valence-corrected chi connectivity index (χ4v) is 4.45. The number of benzene rings is 2. The summed E-state index contributed by atoms with van der Waals surface area (Å²) in [6.45, 7) is 5.26. The number of hydrogen-bond acceptors (Lipinski definition) is 2. The molecular weight excluding hydrogens is 387 g/mol. The second kappa shape index (κ2) is 9.79. The van der Waals surface area contributed by atoms with E-state index in [-0.39, 0.29) is 0 Å². The Kier molecular flexibility index (Phi) is 7.41. The van der Waals surface area contributed by atoms with Crippen LogP contribution in [0, 0.1) is 17.2 Å². The van der Waals surface area contributed by atoms with Crippen LogP contribution in [0.25, 0.3) is 0 Å². The monoisotopic (exact) mass is 414 g/mol. The van der Waals surface area contributed by atoms with Crippen molar-refractivity contribution >= 4 is 23.2 Å². The van der Waals surface area contributed by atoms with E-state index in [0.717, 1.165) is 57.3 Å². The zero-order valence-corrected chi connectivity index (χ0v) is 18.0. The lowest BCUT2D eigenvalue weighted by atomic mass is 9.74. The third kappa shape index (κ3) is 5.09. The van der Waals surface area contributed by atoms with Crippen LogP contribution in [0.2, 0.25) is 10.0 Å². The summed E-state index contributed by atoms with van der Waals surface area (Å²) < 4.78 is 0. The van der Waals surface area contributed by atoms with Gasteiger partial charge in [-0.25, -0.2) is 0 Å². The fourth-order valence-electron chi connectivity index (χ4n) is 4.15. The van der Waals surface area contributed by atoms with Crippen LogP contribution in [0.1, 0.15) is 50.2 Å². The Morgan fingerprint density at radius 2 is 1.82 bits per heavy atom. The summed E-state index contributed by atoms with van der Waals surface area (Å²) in [6.07, 6.45) is 5.23. The number of rotatable bonds is 10. The summed E-state index contributed by atoms with van der Waals surface area (Å²) in [5, 5.41) is 11.2. The van der Waals surface area contributed by atoms with Gasteiger partial charge in [0.2, 0.25) is 0 Å². The van der Waals surface area contributed by atoms with E-state index in [0.29, 0.717) is 16.0 Å². The first-order chi connectivity index (χ1) is 13.6. The molecule has 0 aromatic heterocycles. The number of hydrogen-bond donors (Lipinski definition) is 0. The lowest BCUT2D eigenvalue weighted by Crippen LogP contribution is -2.30. The molecule has 28 heavy (non-hydrogen) atoms. The summed E-state index contributed by atoms with van der Waals surface area (Å²) in [5.74, 6) is 0.434. The highest BCUT2D eigenvalue weighted by atomic mass is 35.5. The predicted octanol–water partition coefficient (Wildman–Crippen LogP) is 6.86. The van der Waals surface area contributed by atoms with E-state index in [9.17, 15) is 5.26 Å². The highest BCUT2D eigenvalue weighted by molar-refractivity contribution is 6.42. The molecule has 0 aliphatic heterocycles. The number of nitriles is 1. The lowest BCUT2D eigenvalue weighted by molar-refractivity contribution is 0.250. The molecule has 4 heteroatoms. The maximum absolute atomic E-state index is 10.2. The molecule has 1 unspecified atom stereocenters. The van der Waals surface area contributed by atoms with Crippen LogP contribution < -0.4 is 0 Å². The normalized spacial score (nSPS) is 16.0. The fraction of sp³-hybridized carbons (Fsp3) is 0.458. The maximum atomic E-state index is 10.2. The molecule has 0 radical (unpaired) electrons. The minimum atomic E-state index is -0.446. The summed E-state index contributed by atoms with van der Waals surface area (Å²) in [7, 11) is 0. The van der Waals surface area contributed by atoms with E-state index in [4.69, 9.17) is 23.2 Å². The molecule has 1 atom stereocenters. The standard InChI is InChI=1S/C24H28Cl2N2/c1-2-14-28(17-19-7-4-3-5-8-19)15-6-13-24(18-27,20-9-10-20)21-11-12-22(25)23(26)16-21/h3-5,7-8,11-12,16,20H,2,6,9-10,13-15,17H2,1H3. The van der Waals surface area contributed by atoms with E-state index < -0.39 is 5.41 Å². The predicted molar refractivity (Wildman–Crippen MR) is 118 cm³/mol. The first kappa shape index (κ1) is 21.2. The van der Waals surface area contributed by atoms with Crippen molar-refractivity contribution < 1.29 is 0 Å². The van der Waals surface area contributed by atoms with Gasteiger partial charge in [0.15, 0.2) is 0 Å². The van der Waals surface area contributed by atoms with Crippen LogP contribution in [-0.2, 0) is 12.0 Å². The smallest absolute Gasteiger partial charge is 0.0851 e. The number of nitrogens with zero attached hydrogens (tertiary/aromatic N) is 2. The Labute approximate surface area is 179 Å². The van der Waals surface area contributed by atoms with Gasteiger partial charge in [0.25, 0.3) is 0 Å². The van der Waals surface area contributed by atoms with Gasteiger partial charge >= 0.3 is 0 Å². The minimum absolute atomic E-state index is 0.434. The molecule has 2 nitrogen and oxygen atoms in total. The van der Waals surface area contributed by atoms with Crippen LogP contribution in [0.15, 0.2) is 48.5 Å². The van der Waals surface area contributed by atoms with Gasteiger partial charge in [-0.2, -0.15) is 5.26 Å². The molecule has 0 N–H and O–H groups in total. The minimum Gasteiger partial charge on any atom is -0.299 e. The summed E-state index contributed by atoms with van der Waals surface area (Å²) in [6, 6.07) is 19.0. The Morgan fingerprint density at radius 3 is 2.43 bits per heavy atom. The molecule has 1 saturated carbocycles. The number of halogens is 2. The molecule has 2 aromatic carbocycles. The molecule has 0 saturated heterocycles. The van der Waals surface area contributed by atoms with Crippen LogP contribution in [-0.4, -0.2) is 18.0 Å². The van der Waals surface area contributed by atoms with Crippen molar-refractivity contribution in [1.29, 1.82) is 5.26 Å². The summed E-state index contributed by atoms with van der Waals surface area (Å²) in [5.41, 5.74) is 1.92. The summed E-state index contributed by atoms with van der Waals surface area (Å²) in [4.78, 5) is 2.50. The molecule has 2 aromatic rings. The van der Waals surface area contributed by atoms with Crippen LogP contribution in [0.5, 0.6) is 0 Å². The molecular formula is C24H28Cl2N2. The quantitative estimate of drug-likeness (QED) is 0.424. The molecule has 0 amide bonds. The first-order valence-electron chi connectivity index (χ1n) is 10.2. The summed E-state index contributed by atoms with van der Waals surface area (Å²) >= 11 is 12.4. The lowest BCUT2D eigenvalue weighted by Gasteiger charge is -2.29. The first-order valence-corrected chi connectivity index (χ1v) is 11.0. The average Bonchev–Trinajstić information content (AvgIpc) is 3.54. The topological polar surface area (TPSA) is 27.0 Å². The van der Waals surface area contributed by atoms with Crippen LogP contribution in [0.3, 0.4) is 0 Å². The van der Waals surface area contributed by atoms with E-state index in [1.165, 1.54) is 5.56 Å². The third-order valence-corrected chi connectivity index (χ3v) is 6.48. The molecule has 1 aliphatic rings. The highest BCUT2D eigenvalue weighted by Crippen LogP contribution is 2.50. The Morgan fingerprint density at radius 1 is 1.07 bits per heavy atom. The maximum Gasteiger partial charge on any atom is 0.0851 e. The molecule has 3 rings (SSSR count). The van der Waals surface area contributed by atoms with E-state index in [2.05, 4.69) is 48.2 Å². The van der Waals surface area contributed by atoms with Gasteiger partial charge in [0.05, 0.1) is 21.5 Å². The van der Waals surface area contributed by atoms with E-state index in [1.54, 1.807) is 0 Å². The van der Waals surface area contributed by atoms with Gasteiger partial charge in [0, 0.05) is 6.54 Å². The zero-order chi connectivity index (χ0) is 20.0. The van der Waals surface area contributed by atoms with Crippen molar-refractivity contribution in [1.82, 2.24) is 4.90 Å². The second-order valence-corrected chi connectivity index (χ2v) is 8.67. The molecule has 1 aliphatic carbocycles. The molecule has 0 heterocycles. The van der Waals surface area contributed by atoms with Crippen molar-refractivity contribution in [3.8, 4) is 6.07 Å². The van der Waals surface area contributed by atoms with Gasteiger partial charge in [-0.1, -0.05) is 66.5 Å². The SMILES string of the molecule is CCCN(CCCC(C#N)(c1ccc(Cl)c(Cl)c1)C1CC1)Cc1ccccc1. The van der Waals surface area contributed by atoms with Crippen LogP contribution >= 0.6 is 23.2 Å². The largest absolute Gasteiger partial charge is 0.299 e. The second-order valence-electron chi connectivity index (χ2n) is 7.85. The van der Waals surface area contributed by atoms with Gasteiger partial charge in [-0.3, -0.25) is 4.90 Å². The highest BCUT2D eigenvalue weighted by Gasteiger charge is 2.46. The zero-order valence-electron chi connectivity index (χ0n) is 16.5. The molecule has 0 bridgehead atoms. The van der Waals surface area contributed by atoms with Crippen LogP contribution in [0.4, 0.5) is 0 Å². The Bertz CT molecular complexity index is 811. The van der Waals surface area contributed by atoms with Gasteiger partial charge in [-0.15, -0.1) is 0 Å². The molecule has 0 spiro atoms. The van der Waals surface area contributed by atoms with E-state index >= 15 is 0 Å². The van der Waals surface area contributed by atoms with E-state index in [1.807, 2.05) is 18.2 Å². The van der Waals surface area contributed by atoms with Crippen molar-refractivity contribution in [3.05, 3.63) is 69.7 Å². The Hall–Kier alpha value is -1.53. The van der Waals surface area contributed by atoms with Gasteiger partial charge in [0.1, 0.15) is 0 Å². The van der Waals surface area contributed by atoms with Crippen molar-refractivity contribution in [2.24, 2.45) is 5.92 Å².